The lowest BCUT2D eigenvalue weighted by Gasteiger charge is -2.22. The highest BCUT2D eigenvalue weighted by atomic mass is 16.4. The van der Waals surface area contributed by atoms with E-state index >= 15 is 0 Å². The maximum Gasteiger partial charge on any atom is 0.326 e. The summed E-state index contributed by atoms with van der Waals surface area (Å²) < 4.78 is 0. The molecule has 114 valence electrons. The van der Waals surface area contributed by atoms with Gasteiger partial charge in [-0.1, -0.05) is 0 Å². The van der Waals surface area contributed by atoms with Crippen LogP contribution >= 0.6 is 0 Å². The molecule has 0 saturated carbocycles. The SMILES string of the molecule is CCN(CC)C(=O)CCCC(=O)N1CCCC1C(=O)O. The number of amides is 2. The van der Waals surface area contributed by atoms with Gasteiger partial charge in [-0.2, -0.15) is 0 Å². The highest BCUT2D eigenvalue weighted by molar-refractivity contribution is 5.84. The molecule has 6 nitrogen and oxygen atoms in total. The summed E-state index contributed by atoms with van der Waals surface area (Å²) in [7, 11) is 0. The van der Waals surface area contributed by atoms with E-state index in [1.807, 2.05) is 13.8 Å². The van der Waals surface area contributed by atoms with Gasteiger partial charge in [0.25, 0.3) is 0 Å². The van der Waals surface area contributed by atoms with Crippen molar-refractivity contribution < 1.29 is 19.5 Å². The Labute approximate surface area is 119 Å². The summed E-state index contributed by atoms with van der Waals surface area (Å²) in [6, 6.07) is -0.680. The summed E-state index contributed by atoms with van der Waals surface area (Å²) >= 11 is 0. The standard InChI is InChI=1S/C14H24N2O4/c1-3-15(4-2)12(17)8-5-9-13(18)16-10-6-7-11(16)14(19)20/h11H,3-10H2,1-2H3,(H,19,20). The Hall–Kier alpha value is -1.59. The molecule has 1 aliphatic heterocycles. The topological polar surface area (TPSA) is 77.9 Å². The van der Waals surface area contributed by atoms with Crippen LogP contribution in [0.25, 0.3) is 0 Å². The van der Waals surface area contributed by atoms with Gasteiger partial charge in [0.2, 0.25) is 11.8 Å². The molecule has 0 bridgehead atoms. The Balaban J connectivity index is 2.36. The summed E-state index contributed by atoms with van der Waals surface area (Å²) in [5, 5.41) is 9.03. The molecule has 0 aromatic rings. The molecule has 6 heteroatoms. The van der Waals surface area contributed by atoms with Crippen molar-refractivity contribution in [2.75, 3.05) is 19.6 Å². The average molecular weight is 284 g/mol. The third-order valence-corrected chi connectivity index (χ3v) is 3.76. The van der Waals surface area contributed by atoms with Crippen LogP contribution in [0.15, 0.2) is 0 Å². The summed E-state index contributed by atoms with van der Waals surface area (Å²) in [5.41, 5.74) is 0. The van der Waals surface area contributed by atoms with Gasteiger partial charge in [-0.25, -0.2) is 4.79 Å². The Morgan fingerprint density at radius 1 is 1.20 bits per heavy atom. The Bertz CT molecular complexity index is 366. The van der Waals surface area contributed by atoms with E-state index in [4.69, 9.17) is 5.11 Å². The van der Waals surface area contributed by atoms with Crippen molar-refractivity contribution in [2.45, 2.75) is 52.0 Å². The second-order valence-electron chi connectivity index (χ2n) is 5.00. The smallest absolute Gasteiger partial charge is 0.326 e. The first kappa shape index (κ1) is 16.5. The first-order valence-corrected chi connectivity index (χ1v) is 7.31. The molecular weight excluding hydrogens is 260 g/mol. The predicted octanol–water partition coefficient (Wildman–Crippen LogP) is 1.10. The van der Waals surface area contributed by atoms with Gasteiger partial charge < -0.3 is 14.9 Å². The van der Waals surface area contributed by atoms with E-state index < -0.39 is 12.0 Å². The van der Waals surface area contributed by atoms with Crippen LogP contribution in [0.2, 0.25) is 0 Å². The maximum atomic E-state index is 12.0. The normalized spacial score (nSPS) is 18.1. The molecule has 1 unspecified atom stereocenters. The third kappa shape index (κ3) is 4.21. The van der Waals surface area contributed by atoms with Crippen LogP contribution in [0, 0.1) is 0 Å². The zero-order valence-corrected chi connectivity index (χ0v) is 12.3. The fourth-order valence-corrected chi connectivity index (χ4v) is 2.59. The second kappa shape index (κ2) is 7.87. The number of carboxylic acids is 1. The first-order valence-electron chi connectivity index (χ1n) is 7.31. The summed E-state index contributed by atoms with van der Waals surface area (Å²) in [4.78, 5) is 38.0. The molecule has 1 fully saturated rings. The zero-order chi connectivity index (χ0) is 15.1. The van der Waals surface area contributed by atoms with Gasteiger partial charge in [-0.3, -0.25) is 9.59 Å². The summed E-state index contributed by atoms with van der Waals surface area (Å²) in [5.74, 6) is -1.03. The average Bonchev–Trinajstić information content (AvgIpc) is 2.89. The molecule has 0 aromatic carbocycles. The molecule has 1 aliphatic rings. The van der Waals surface area contributed by atoms with Gasteiger partial charge in [-0.15, -0.1) is 0 Å². The number of rotatable bonds is 7. The molecular formula is C14H24N2O4. The lowest BCUT2D eigenvalue weighted by molar-refractivity contribution is -0.148. The monoisotopic (exact) mass is 284 g/mol. The number of nitrogens with zero attached hydrogens (tertiary/aromatic N) is 2. The van der Waals surface area contributed by atoms with Gasteiger partial charge in [-0.05, 0) is 33.1 Å². The van der Waals surface area contributed by atoms with Crippen LogP contribution in [0.4, 0.5) is 0 Å². The zero-order valence-electron chi connectivity index (χ0n) is 12.3. The molecule has 1 saturated heterocycles. The van der Waals surface area contributed by atoms with Crippen LogP contribution in [0.3, 0.4) is 0 Å². The van der Waals surface area contributed by atoms with Crippen molar-refractivity contribution in [3.63, 3.8) is 0 Å². The van der Waals surface area contributed by atoms with Crippen molar-refractivity contribution in [1.29, 1.82) is 0 Å². The Morgan fingerprint density at radius 2 is 1.85 bits per heavy atom. The molecule has 0 aromatic heterocycles. The van der Waals surface area contributed by atoms with Crippen LogP contribution in [-0.4, -0.2) is 58.4 Å². The second-order valence-corrected chi connectivity index (χ2v) is 5.00. The number of carboxylic acid groups (broad SMARTS) is 1. The number of aliphatic carboxylic acids is 1. The van der Waals surface area contributed by atoms with E-state index in [-0.39, 0.29) is 18.2 Å². The number of hydrogen-bond donors (Lipinski definition) is 1. The number of likely N-dealkylation sites (tertiary alicyclic amines) is 1. The van der Waals surface area contributed by atoms with Gasteiger partial charge in [0, 0.05) is 32.5 Å². The van der Waals surface area contributed by atoms with E-state index in [1.54, 1.807) is 4.90 Å². The summed E-state index contributed by atoms with van der Waals surface area (Å²) in [6.45, 7) is 5.72. The van der Waals surface area contributed by atoms with Crippen LogP contribution in [-0.2, 0) is 14.4 Å². The molecule has 20 heavy (non-hydrogen) atoms. The molecule has 1 heterocycles. The molecule has 1 N–H and O–H groups in total. The van der Waals surface area contributed by atoms with E-state index in [2.05, 4.69) is 0 Å². The van der Waals surface area contributed by atoms with E-state index in [9.17, 15) is 14.4 Å². The van der Waals surface area contributed by atoms with Crippen molar-refractivity contribution in [1.82, 2.24) is 9.80 Å². The van der Waals surface area contributed by atoms with Gasteiger partial charge in [0.1, 0.15) is 6.04 Å². The minimum Gasteiger partial charge on any atom is -0.480 e. The lowest BCUT2D eigenvalue weighted by atomic mass is 10.2. The lowest BCUT2D eigenvalue weighted by Crippen LogP contribution is -2.40. The highest BCUT2D eigenvalue weighted by Crippen LogP contribution is 2.19. The number of hydrogen-bond acceptors (Lipinski definition) is 3. The van der Waals surface area contributed by atoms with Crippen molar-refractivity contribution in [3.8, 4) is 0 Å². The molecule has 0 aliphatic carbocycles. The third-order valence-electron chi connectivity index (χ3n) is 3.76. The predicted molar refractivity (Wildman–Crippen MR) is 74.1 cm³/mol. The largest absolute Gasteiger partial charge is 0.480 e. The van der Waals surface area contributed by atoms with Crippen LogP contribution in [0.1, 0.15) is 46.0 Å². The summed E-state index contributed by atoms with van der Waals surface area (Å²) in [6.07, 6.45) is 2.34. The minimum absolute atomic E-state index is 0.0546. The van der Waals surface area contributed by atoms with Crippen molar-refractivity contribution in [2.24, 2.45) is 0 Å². The van der Waals surface area contributed by atoms with E-state index in [0.717, 1.165) is 6.42 Å². The first-order chi connectivity index (χ1) is 9.51. The minimum atomic E-state index is -0.935. The molecule has 0 radical (unpaired) electrons. The number of carbonyl (C=O) groups excluding carboxylic acids is 2. The van der Waals surface area contributed by atoms with Crippen LogP contribution < -0.4 is 0 Å². The molecule has 1 atom stereocenters. The molecule has 1 rings (SSSR count). The van der Waals surface area contributed by atoms with Crippen LogP contribution in [0.5, 0.6) is 0 Å². The highest BCUT2D eigenvalue weighted by Gasteiger charge is 2.33. The number of carbonyl (C=O) groups is 3. The Kier molecular flexibility index (Phi) is 6.48. The van der Waals surface area contributed by atoms with Crippen molar-refractivity contribution >= 4 is 17.8 Å². The quantitative estimate of drug-likeness (QED) is 0.759. The van der Waals surface area contributed by atoms with Gasteiger partial charge in [0.15, 0.2) is 0 Å². The van der Waals surface area contributed by atoms with Gasteiger partial charge >= 0.3 is 5.97 Å². The van der Waals surface area contributed by atoms with E-state index in [0.29, 0.717) is 38.9 Å². The maximum absolute atomic E-state index is 12.0. The molecule has 0 spiro atoms. The van der Waals surface area contributed by atoms with Crippen molar-refractivity contribution in [3.05, 3.63) is 0 Å². The Morgan fingerprint density at radius 3 is 2.40 bits per heavy atom. The van der Waals surface area contributed by atoms with Gasteiger partial charge in [0.05, 0.1) is 0 Å². The fourth-order valence-electron chi connectivity index (χ4n) is 2.59. The molecule has 2 amide bonds. The fraction of sp³-hybridized carbons (Fsp3) is 0.786. The van der Waals surface area contributed by atoms with E-state index in [1.165, 1.54) is 4.90 Å².